The summed E-state index contributed by atoms with van der Waals surface area (Å²) in [7, 11) is 1.67. The summed E-state index contributed by atoms with van der Waals surface area (Å²) < 4.78 is 5.59. The lowest BCUT2D eigenvalue weighted by Crippen LogP contribution is -2.48. The Morgan fingerprint density at radius 2 is 1.72 bits per heavy atom. The van der Waals surface area contributed by atoms with Gasteiger partial charge in [0.15, 0.2) is 0 Å². The van der Waals surface area contributed by atoms with Crippen molar-refractivity contribution in [3.05, 3.63) is 95.6 Å². The van der Waals surface area contributed by atoms with Crippen molar-refractivity contribution in [2.45, 2.75) is 32.5 Å². The molecule has 36 heavy (non-hydrogen) atoms. The molecule has 3 aromatic carbocycles. The number of amides is 2. The normalized spacial score (nSPS) is 16.9. The summed E-state index contributed by atoms with van der Waals surface area (Å²) in [6.45, 7) is 4.27. The highest BCUT2D eigenvalue weighted by Crippen LogP contribution is 2.28. The zero-order chi connectivity index (χ0) is 25.7. The molecular formula is C29H31N3O4. The van der Waals surface area contributed by atoms with E-state index >= 15 is 0 Å². The molecule has 0 bridgehead atoms. The van der Waals surface area contributed by atoms with Crippen molar-refractivity contribution < 1.29 is 19.4 Å². The number of nitrogens with one attached hydrogen (secondary N) is 1. The van der Waals surface area contributed by atoms with Crippen LogP contribution in [0.2, 0.25) is 0 Å². The van der Waals surface area contributed by atoms with E-state index in [1.807, 2.05) is 61.5 Å². The lowest BCUT2D eigenvalue weighted by Gasteiger charge is -2.23. The number of likely N-dealkylation sites (N-methyl/N-ethyl adjacent to an activating group) is 1. The number of aliphatic hydroxyl groups excluding tert-OH is 1. The van der Waals surface area contributed by atoms with Crippen LogP contribution in [0.15, 0.2) is 83.9 Å². The molecule has 2 amide bonds. The zero-order valence-electron chi connectivity index (χ0n) is 20.7. The first-order chi connectivity index (χ1) is 17.4. The molecule has 0 saturated heterocycles. The molecule has 3 aromatic rings. The number of benzene rings is 3. The largest absolute Gasteiger partial charge is 0.494 e. The van der Waals surface area contributed by atoms with Crippen molar-refractivity contribution in [2.75, 3.05) is 18.6 Å². The molecule has 1 unspecified atom stereocenters. The quantitative estimate of drug-likeness (QED) is 0.503. The minimum atomic E-state index is -1.13. The average molecular weight is 486 g/mol. The zero-order valence-corrected chi connectivity index (χ0v) is 20.7. The Hall–Kier alpha value is -3.97. The Kier molecular flexibility index (Phi) is 7.80. The number of aliphatic imine (C=N–C) groups is 1. The van der Waals surface area contributed by atoms with E-state index in [0.29, 0.717) is 29.3 Å². The van der Waals surface area contributed by atoms with E-state index in [2.05, 4.69) is 5.32 Å². The van der Waals surface area contributed by atoms with Crippen LogP contribution in [0.25, 0.3) is 0 Å². The van der Waals surface area contributed by atoms with Gasteiger partial charge in [0.1, 0.15) is 5.75 Å². The second-order valence-corrected chi connectivity index (χ2v) is 8.82. The van der Waals surface area contributed by atoms with Gasteiger partial charge in [-0.1, -0.05) is 74.5 Å². The fourth-order valence-electron chi connectivity index (χ4n) is 4.12. The number of carbonyl (C=O) groups is 2. The first-order valence-corrected chi connectivity index (χ1v) is 12.1. The number of hydrogen-bond acceptors (Lipinski definition) is 5. The van der Waals surface area contributed by atoms with Gasteiger partial charge in [0, 0.05) is 18.2 Å². The van der Waals surface area contributed by atoms with Crippen molar-refractivity contribution >= 4 is 23.2 Å². The molecule has 0 saturated carbocycles. The van der Waals surface area contributed by atoms with Crippen LogP contribution in [-0.4, -0.2) is 42.5 Å². The third kappa shape index (κ3) is 5.31. The fourth-order valence-corrected chi connectivity index (χ4v) is 4.12. The second kappa shape index (κ2) is 11.2. The van der Waals surface area contributed by atoms with Gasteiger partial charge in [0.25, 0.3) is 5.91 Å². The van der Waals surface area contributed by atoms with Crippen LogP contribution in [-0.2, 0) is 9.59 Å². The first kappa shape index (κ1) is 25.1. The summed E-state index contributed by atoms with van der Waals surface area (Å²) in [5.74, 6) is -0.936. The standard InChI is InChI=1S/C29H31N3O4/c1-4-18-36-22-16-14-21(15-17-22)26(33)19(2)28(34)31-27-29(35)32(3)24-13-9-8-12-23(24)25(30-27)20-10-6-5-7-11-20/h5-17,19,26-27,33H,4,18H2,1-3H3,(H,31,34)/t19-,26+,27?/m1/s1. The van der Waals surface area contributed by atoms with Gasteiger partial charge in [0.2, 0.25) is 12.1 Å². The van der Waals surface area contributed by atoms with Crippen LogP contribution in [0.5, 0.6) is 5.75 Å². The number of anilines is 1. The molecule has 0 fully saturated rings. The lowest BCUT2D eigenvalue weighted by molar-refractivity contribution is -0.132. The van der Waals surface area contributed by atoms with Gasteiger partial charge in [-0.3, -0.25) is 9.59 Å². The number of para-hydroxylation sites is 1. The molecule has 7 heteroatoms. The highest BCUT2D eigenvalue weighted by atomic mass is 16.5. The van der Waals surface area contributed by atoms with Gasteiger partial charge in [-0.25, -0.2) is 4.99 Å². The van der Waals surface area contributed by atoms with Crippen molar-refractivity contribution in [1.29, 1.82) is 0 Å². The third-order valence-electron chi connectivity index (χ3n) is 6.25. The minimum absolute atomic E-state index is 0.360. The topological polar surface area (TPSA) is 91.2 Å². The molecule has 0 aliphatic carbocycles. The van der Waals surface area contributed by atoms with E-state index in [9.17, 15) is 14.7 Å². The average Bonchev–Trinajstić information content (AvgIpc) is 3.02. The number of carbonyl (C=O) groups excluding carboxylic acids is 2. The van der Waals surface area contributed by atoms with Crippen LogP contribution in [0.4, 0.5) is 5.69 Å². The fraction of sp³-hybridized carbons (Fsp3) is 0.276. The Balaban J connectivity index is 1.58. The Morgan fingerprint density at radius 1 is 1.06 bits per heavy atom. The van der Waals surface area contributed by atoms with Crippen LogP contribution in [0.1, 0.15) is 43.1 Å². The lowest BCUT2D eigenvalue weighted by atomic mass is 9.96. The maximum Gasteiger partial charge on any atom is 0.272 e. The third-order valence-corrected chi connectivity index (χ3v) is 6.25. The molecule has 3 atom stereocenters. The van der Waals surface area contributed by atoms with Crippen molar-refractivity contribution in [3.63, 3.8) is 0 Å². The summed E-state index contributed by atoms with van der Waals surface area (Å²) in [6.07, 6.45) is -1.29. The maximum absolute atomic E-state index is 13.3. The van der Waals surface area contributed by atoms with Crippen molar-refractivity contribution in [1.82, 2.24) is 5.32 Å². The number of rotatable bonds is 8. The van der Waals surface area contributed by atoms with Crippen LogP contribution in [0.3, 0.4) is 0 Å². The number of benzodiazepines with no additional fused rings is 1. The molecule has 1 aliphatic rings. The number of nitrogens with zero attached hydrogens (tertiary/aromatic N) is 2. The molecule has 0 aromatic heterocycles. The van der Waals surface area contributed by atoms with Crippen LogP contribution >= 0.6 is 0 Å². The van der Waals surface area contributed by atoms with Gasteiger partial charge >= 0.3 is 0 Å². The summed E-state index contributed by atoms with van der Waals surface area (Å²) in [6, 6.07) is 24.1. The summed E-state index contributed by atoms with van der Waals surface area (Å²) in [5.41, 5.74) is 3.55. The van der Waals surface area contributed by atoms with Crippen LogP contribution in [0, 0.1) is 5.92 Å². The molecule has 186 valence electrons. The van der Waals surface area contributed by atoms with E-state index < -0.39 is 24.1 Å². The predicted molar refractivity (Wildman–Crippen MR) is 140 cm³/mol. The highest BCUT2D eigenvalue weighted by molar-refractivity contribution is 6.20. The Bertz CT molecular complexity index is 1240. The van der Waals surface area contributed by atoms with E-state index in [1.165, 1.54) is 4.90 Å². The minimum Gasteiger partial charge on any atom is -0.494 e. The molecule has 7 nitrogen and oxygen atoms in total. The first-order valence-electron chi connectivity index (χ1n) is 12.1. The molecule has 0 spiro atoms. The maximum atomic E-state index is 13.3. The Labute approximate surface area is 211 Å². The number of hydrogen-bond donors (Lipinski definition) is 2. The smallest absolute Gasteiger partial charge is 0.272 e. The number of aliphatic hydroxyl groups is 1. The van der Waals surface area contributed by atoms with E-state index in [4.69, 9.17) is 9.73 Å². The van der Waals surface area contributed by atoms with E-state index in [1.54, 1.807) is 38.2 Å². The van der Waals surface area contributed by atoms with Gasteiger partial charge in [-0.2, -0.15) is 0 Å². The molecule has 0 radical (unpaired) electrons. The van der Waals surface area contributed by atoms with Gasteiger partial charge < -0.3 is 20.1 Å². The second-order valence-electron chi connectivity index (χ2n) is 8.82. The van der Waals surface area contributed by atoms with Crippen LogP contribution < -0.4 is 15.0 Å². The van der Waals surface area contributed by atoms with Gasteiger partial charge in [-0.05, 0) is 30.2 Å². The SMILES string of the molecule is CCCOc1ccc([C@@H](O)[C@@H](C)C(=O)NC2N=C(c3ccccc3)c3ccccc3N(C)C2=O)cc1. The summed E-state index contributed by atoms with van der Waals surface area (Å²) >= 11 is 0. The predicted octanol–water partition coefficient (Wildman–Crippen LogP) is 4.10. The van der Waals surface area contributed by atoms with Crippen molar-refractivity contribution in [3.8, 4) is 5.75 Å². The van der Waals surface area contributed by atoms with Gasteiger partial charge in [0.05, 0.1) is 30.0 Å². The molecule has 1 aliphatic heterocycles. The van der Waals surface area contributed by atoms with E-state index in [0.717, 1.165) is 17.5 Å². The van der Waals surface area contributed by atoms with E-state index in [-0.39, 0.29) is 5.91 Å². The summed E-state index contributed by atoms with van der Waals surface area (Å²) in [5, 5.41) is 13.6. The molecule has 1 heterocycles. The monoisotopic (exact) mass is 485 g/mol. The van der Waals surface area contributed by atoms with Gasteiger partial charge in [-0.15, -0.1) is 0 Å². The number of fused-ring (bicyclic) bond motifs is 1. The Morgan fingerprint density at radius 3 is 2.42 bits per heavy atom. The van der Waals surface area contributed by atoms with Crippen molar-refractivity contribution in [2.24, 2.45) is 10.9 Å². The molecule has 2 N–H and O–H groups in total. The molecular weight excluding hydrogens is 454 g/mol. The summed E-state index contributed by atoms with van der Waals surface area (Å²) in [4.78, 5) is 32.7. The highest BCUT2D eigenvalue weighted by Gasteiger charge is 2.33. The molecule has 4 rings (SSSR count). The number of ether oxygens (including phenoxy) is 1.